The Kier molecular flexibility index (Phi) is 4.88. The molecule has 1 aliphatic rings. The second-order valence-electron chi connectivity index (χ2n) is 5.42. The van der Waals surface area contributed by atoms with Gasteiger partial charge in [-0.2, -0.15) is 0 Å². The molecule has 0 fully saturated rings. The molecule has 0 spiro atoms. The van der Waals surface area contributed by atoms with E-state index in [0.717, 1.165) is 13.0 Å². The summed E-state index contributed by atoms with van der Waals surface area (Å²) in [5.74, 6) is 0. The summed E-state index contributed by atoms with van der Waals surface area (Å²) < 4.78 is 6.70. The number of para-hydroxylation sites is 1. The van der Waals surface area contributed by atoms with Crippen LogP contribution in [-0.2, 0) is 11.2 Å². The maximum absolute atomic E-state index is 5.22. The number of fused-ring (bicyclic) bond motifs is 1. The molecule has 1 aliphatic heterocycles. The molecule has 2 heterocycles. The minimum Gasteiger partial charge on any atom is -0.384 e. The highest BCUT2D eigenvalue weighted by Gasteiger charge is 2.26. The highest BCUT2D eigenvalue weighted by molar-refractivity contribution is 8.01. The first-order chi connectivity index (χ1) is 10.3. The highest BCUT2D eigenvalue weighted by atomic mass is 32.2. The first kappa shape index (κ1) is 14.9. The molecule has 0 radical (unpaired) electrons. The monoisotopic (exact) mass is 319 g/mol. The van der Waals surface area contributed by atoms with Gasteiger partial charge in [0.2, 0.25) is 0 Å². The summed E-state index contributed by atoms with van der Waals surface area (Å²) in [7, 11) is 1.76. The number of nitrogens with one attached hydrogen (secondary N) is 1. The summed E-state index contributed by atoms with van der Waals surface area (Å²) in [4.78, 5) is 0. The van der Waals surface area contributed by atoms with Gasteiger partial charge in [0.1, 0.15) is 0 Å². The third kappa shape index (κ3) is 3.44. The van der Waals surface area contributed by atoms with Gasteiger partial charge in [0.05, 0.1) is 16.9 Å². The lowest BCUT2D eigenvalue weighted by Gasteiger charge is -2.29. The maximum atomic E-state index is 5.22. The van der Waals surface area contributed by atoms with Crippen molar-refractivity contribution in [2.45, 2.75) is 35.3 Å². The number of thiophene rings is 1. The molecule has 1 aromatic heterocycles. The fraction of sp³-hybridized carbons (Fsp3) is 0.412. The van der Waals surface area contributed by atoms with E-state index in [9.17, 15) is 0 Å². The zero-order chi connectivity index (χ0) is 14.7. The number of methoxy groups -OCH3 is 1. The number of hydrogen-bond acceptors (Lipinski definition) is 4. The van der Waals surface area contributed by atoms with Crippen molar-refractivity contribution in [1.29, 1.82) is 0 Å². The van der Waals surface area contributed by atoms with Crippen LogP contribution in [0.5, 0.6) is 0 Å². The second-order valence-corrected chi connectivity index (χ2v) is 8.05. The number of thioether (sulfide) groups is 1. The normalized spacial score (nSPS) is 21.0. The largest absolute Gasteiger partial charge is 0.384 e. The van der Waals surface area contributed by atoms with E-state index >= 15 is 0 Å². The van der Waals surface area contributed by atoms with Crippen LogP contribution in [0.25, 0.3) is 0 Å². The van der Waals surface area contributed by atoms with Crippen molar-refractivity contribution in [3.8, 4) is 0 Å². The van der Waals surface area contributed by atoms with Crippen molar-refractivity contribution in [1.82, 2.24) is 0 Å². The van der Waals surface area contributed by atoms with E-state index in [1.165, 1.54) is 27.4 Å². The van der Waals surface area contributed by atoms with E-state index in [1.54, 1.807) is 7.11 Å². The Morgan fingerprint density at radius 3 is 3.00 bits per heavy atom. The second kappa shape index (κ2) is 6.86. The summed E-state index contributed by atoms with van der Waals surface area (Å²) in [6, 6.07) is 11.3. The van der Waals surface area contributed by atoms with E-state index < -0.39 is 0 Å². The molecule has 0 bridgehead atoms. The summed E-state index contributed by atoms with van der Waals surface area (Å²) in [6.45, 7) is 3.08. The third-order valence-corrected chi connectivity index (χ3v) is 6.18. The fourth-order valence-corrected chi connectivity index (χ4v) is 5.33. The van der Waals surface area contributed by atoms with E-state index in [1.807, 2.05) is 23.1 Å². The van der Waals surface area contributed by atoms with Crippen molar-refractivity contribution in [2.75, 3.05) is 19.0 Å². The molecular formula is C17H21NOS2. The molecule has 2 nitrogen and oxygen atoms in total. The molecule has 0 amide bonds. The predicted molar refractivity (Wildman–Crippen MR) is 92.6 cm³/mol. The Bertz CT molecular complexity index is 596. The van der Waals surface area contributed by atoms with Gasteiger partial charge in [-0.1, -0.05) is 25.1 Å². The van der Waals surface area contributed by atoms with Gasteiger partial charge in [0, 0.05) is 18.0 Å². The predicted octanol–water partition coefficient (Wildman–Crippen LogP) is 4.97. The Labute approximate surface area is 134 Å². The Hall–Kier alpha value is -0.970. The minimum atomic E-state index is 0.422. The highest BCUT2D eigenvalue weighted by Crippen LogP contribution is 2.45. The van der Waals surface area contributed by atoms with Gasteiger partial charge >= 0.3 is 0 Å². The van der Waals surface area contributed by atoms with Crippen LogP contribution in [0.1, 0.15) is 30.5 Å². The molecule has 4 heteroatoms. The topological polar surface area (TPSA) is 21.3 Å². The van der Waals surface area contributed by atoms with Crippen molar-refractivity contribution in [3.05, 3.63) is 46.8 Å². The lowest BCUT2D eigenvalue weighted by molar-refractivity contribution is 0.202. The quantitative estimate of drug-likeness (QED) is 0.840. The molecule has 0 aliphatic carbocycles. The average Bonchev–Trinajstić information content (AvgIpc) is 2.94. The Morgan fingerprint density at radius 1 is 1.29 bits per heavy atom. The van der Waals surface area contributed by atoms with Crippen LogP contribution in [0.4, 0.5) is 5.69 Å². The van der Waals surface area contributed by atoms with Crippen molar-refractivity contribution in [2.24, 2.45) is 0 Å². The molecule has 0 saturated heterocycles. The number of anilines is 1. The molecule has 1 unspecified atom stereocenters. The first-order valence-corrected chi connectivity index (χ1v) is 9.11. The summed E-state index contributed by atoms with van der Waals surface area (Å²) in [5, 5.41) is 6.64. The van der Waals surface area contributed by atoms with Crippen LogP contribution >= 0.6 is 23.1 Å². The zero-order valence-electron chi connectivity index (χ0n) is 12.5. The van der Waals surface area contributed by atoms with Gasteiger partial charge in [-0.25, -0.2) is 0 Å². The molecule has 2 aromatic rings. The summed E-state index contributed by atoms with van der Waals surface area (Å²) >= 11 is 3.87. The summed E-state index contributed by atoms with van der Waals surface area (Å²) in [5.41, 5.74) is 4.04. The lowest BCUT2D eigenvalue weighted by Crippen LogP contribution is -2.19. The number of hydrogen-bond donors (Lipinski definition) is 1. The summed E-state index contributed by atoms with van der Waals surface area (Å²) in [6.07, 6.45) is 2.13. The van der Waals surface area contributed by atoms with Crippen LogP contribution in [0, 0.1) is 0 Å². The third-order valence-electron chi connectivity index (χ3n) is 3.83. The van der Waals surface area contributed by atoms with Crippen LogP contribution in [0.15, 0.2) is 39.9 Å². The van der Waals surface area contributed by atoms with Crippen LogP contribution in [0.3, 0.4) is 0 Å². The molecular weight excluding hydrogens is 298 g/mol. The number of benzene rings is 1. The molecule has 0 saturated carbocycles. The molecule has 112 valence electrons. The number of ether oxygens (including phenoxy) is 1. The lowest BCUT2D eigenvalue weighted by atomic mass is 10.0. The fourth-order valence-electron chi connectivity index (χ4n) is 2.76. The van der Waals surface area contributed by atoms with Gasteiger partial charge in [0.15, 0.2) is 0 Å². The minimum absolute atomic E-state index is 0.422. The molecule has 3 rings (SSSR count). The van der Waals surface area contributed by atoms with Gasteiger partial charge < -0.3 is 10.1 Å². The molecule has 2 atom stereocenters. The van der Waals surface area contributed by atoms with Crippen LogP contribution in [-0.4, -0.2) is 19.0 Å². The Morgan fingerprint density at radius 2 is 2.14 bits per heavy atom. The zero-order valence-corrected chi connectivity index (χ0v) is 14.1. The van der Waals surface area contributed by atoms with E-state index in [4.69, 9.17) is 4.74 Å². The van der Waals surface area contributed by atoms with Crippen molar-refractivity contribution < 1.29 is 4.74 Å². The van der Waals surface area contributed by atoms with Crippen molar-refractivity contribution in [3.63, 3.8) is 0 Å². The molecule has 21 heavy (non-hydrogen) atoms. The molecule has 1 aromatic carbocycles. The van der Waals surface area contributed by atoms with Crippen LogP contribution in [0.2, 0.25) is 0 Å². The smallest absolute Gasteiger partial charge is 0.0653 e. The van der Waals surface area contributed by atoms with E-state index in [2.05, 4.69) is 48.0 Å². The Balaban J connectivity index is 1.81. The SMILES string of the molecule is COCCc1ccccc1NC1C[C@H](C)Sc2sccc21. The van der Waals surface area contributed by atoms with Crippen LogP contribution < -0.4 is 5.32 Å². The van der Waals surface area contributed by atoms with Gasteiger partial charge in [-0.3, -0.25) is 0 Å². The van der Waals surface area contributed by atoms with Crippen molar-refractivity contribution >= 4 is 28.8 Å². The molecule has 1 N–H and O–H groups in total. The van der Waals surface area contributed by atoms with E-state index in [0.29, 0.717) is 11.3 Å². The van der Waals surface area contributed by atoms with E-state index in [-0.39, 0.29) is 0 Å². The van der Waals surface area contributed by atoms with Gasteiger partial charge in [-0.15, -0.1) is 23.1 Å². The standard InChI is InChI=1S/C17H21NOS2/c1-12-11-16(14-8-10-20-17(14)21-12)18-15-6-4-3-5-13(15)7-9-19-2/h3-6,8,10,12,16,18H,7,9,11H2,1-2H3/t12-,16?/m0/s1. The maximum Gasteiger partial charge on any atom is 0.0653 e. The number of rotatable bonds is 5. The average molecular weight is 319 g/mol. The van der Waals surface area contributed by atoms with Gasteiger partial charge in [0.25, 0.3) is 0 Å². The van der Waals surface area contributed by atoms with Gasteiger partial charge in [-0.05, 0) is 41.5 Å². The first-order valence-electron chi connectivity index (χ1n) is 7.35.